The van der Waals surface area contributed by atoms with Gasteiger partial charge in [-0.1, -0.05) is 48.5 Å². The van der Waals surface area contributed by atoms with Crippen LogP contribution in [0.4, 0.5) is 5.69 Å². The number of rotatable bonds is 6. The highest BCUT2D eigenvalue weighted by Gasteiger charge is 2.28. The minimum atomic E-state index is -0.463. The zero-order chi connectivity index (χ0) is 22.5. The van der Waals surface area contributed by atoms with E-state index in [1.807, 2.05) is 36.4 Å². The van der Waals surface area contributed by atoms with E-state index >= 15 is 0 Å². The smallest absolute Gasteiger partial charge is 0.337 e. The molecule has 4 rings (SSSR count). The largest absolute Gasteiger partial charge is 0.465 e. The number of carbonyl (C=O) groups excluding carboxylic acids is 3. The standard InChI is InChI=1S/C26H24N2O4/c1-32-26(31)21-12-13-23-20(16-21)14-15-28(23)24(29)17-22(18-8-4-2-5-9-18)27-25(30)19-10-6-3-7-11-19/h2-13,16,22H,14-15,17H2,1H3,(H,27,30). The van der Waals surface area contributed by atoms with Gasteiger partial charge in [0.2, 0.25) is 5.91 Å². The second-order valence-corrected chi connectivity index (χ2v) is 7.64. The molecule has 0 bridgehead atoms. The second kappa shape index (κ2) is 9.47. The van der Waals surface area contributed by atoms with Gasteiger partial charge in [0.05, 0.1) is 25.1 Å². The molecule has 3 aromatic rings. The number of ether oxygens (including phenoxy) is 1. The lowest BCUT2D eigenvalue weighted by Gasteiger charge is -2.23. The zero-order valence-electron chi connectivity index (χ0n) is 17.8. The summed E-state index contributed by atoms with van der Waals surface area (Å²) in [5.41, 5.74) is 3.61. The molecule has 0 spiro atoms. The van der Waals surface area contributed by atoms with Gasteiger partial charge in [0, 0.05) is 17.8 Å². The number of nitrogens with zero attached hydrogens (tertiary/aromatic N) is 1. The van der Waals surface area contributed by atoms with E-state index in [2.05, 4.69) is 5.32 Å². The Morgan fingerprint density at radius 1 is 0.938 bits per heavy atom. The van der Waals surface area contributed by atoms with Gasteiger partial charge in [0.15, 0.2) is 0 Å². The fraction of sp³-hybridized carbons (Fsp3) is 0.192. The van der Waals surface area contributed by atoms with Gasteiger partial charge >= 0.3 is 5.97 Å². The van der Waals surface area contributed by atoms with E-state index in [-0.39, 0.29) is 18.2 Å². The third-order valence-electron chi connectivity index (χ3n) is 5.62. The molecule has 2 amide bonds. The molecule has 1 unspecified atom stereocenters. The molecule has 0 saturated carbocycles. The molecule has 1 heterocycles. The van der Waals surface area contributed by atoms with Gasteiger partial charge in [-0.2, -0.15) is 0 Å². The van der Waals surface area contributed by atoms with Crippen molar-refractivity contribution in [2.75, 3.05) is 18.6 Å². The van der Waals surface area contributed by atoms with Crippen molar-refractivity contribution >= 4 is 23.5 Å². The maximum absolute atomic E-state index is 13.3. The second-order valence-electron chi connectivity index (χ2n) is 7.64. The quantitative estimate of drug-likeness (QED) is 0.604. The molecule has 0 aromatic heterocycles. The van der Waals surface area contributed by atoms with Crippen molar-refractivity contribution in [3.63, 3.8) is 0 Å². The first-order valence-corrected chi connectivity index (χ1v) is 10.5. The monoisotopic (exact) mass is 428 g/mol. The summed E-state index contributed by atoms with van der Waals surface area (Å²) in [4.78, 5) is 39.6. The number of benzene rings is 3. The summed E-state index contributed by atoms with van der Waals surface area (Å²) in [6.45, 7) is 0.535. The molecule has 0 saturated heterocycles. The lowest BCUT2D eigenvalue weighted by Crippen LogP contribution is -2.35. The van der Waals surface area contributed by atoms with Crippen LogP contribution in [0.25, 0.3) is 0 Å². The Bertz CT molecular complexity index is 1130. The molecule has 1 N–H and O–H groups in total. The summed E-state index contributed by atoms with van der Waals surface area (Å²) in [7, 11) is 1.35. The maximum Gasteiger partial charge on any atom is 0.337 e. The molecule has 0 aliphatic carbocycles. The molecular weight excluding hydrogens is 404 g/mol. The number of anilines is 1. The molecule has 0 fully saturated rings. The van der Waals surface area contributed by atoms with Crippen molar-refractivity contribution in [2.24, 2.45) is 0 Å². The Morgan fingerprint density at radius 2 is 1.62 bits per heavy atom. The van der Waals surface area contributed by atoms with Crippen molar-refractivity contribution < 1.29 is 19.1 Å². The Balaban J connectivity index is 1.54. The normalized spacial score (nSPS) is 13.2. The van der Waals surface area contributed by atoms with Crippen LogP contribution in [0, 0.1) is 0 Å². The number of carbonyl (C=O) groups is 3. The van der Waals surface area contributed by atoms with E-state index in [0.717, 1.165) is 16.8 Å². The van der Waals surface area contributed by atoms with Crippen LogP contribution in [0.15, 0.2) is 78.9 Å². The highest BCUT2D eigenvalue weighted by molar-refractivity contribution is 5.98. The lowest BCUT2D eigenvalue weighted by molar-refractivity contribution is -0.119. The first-order valence-electron chi connectivity index (χ1n) is 10.5. The Labute approximate surface area is 186 Å². The molecule has 6 nitrogen and oxygen atoms in total. The van der Waals surface area contributed by atoms with E-state index < -0.39 is 12.0 Å². The molecule has 0 radical (unpaired) electrons. The predicted octanol–water partition coefficient (Wildman–Crippen LogP) is 3.92. The van der Waals surface area contributed by atoms with Crippen LogP contribution in [0.3, 0.4) is 0 Å². The SMILES string of the molecule is COC(=O)c1ccc2c(c1)CCN2C(=O)CC(NC(=O)c1ccccc1)c1ccccc1. The first-order chi connectivity index (χ1) is 15.6. The van der Waals surface area contributed by atoms with Gasteiger partial charge in [-0.3, -0.25) is 9.59 Å². The average molecular weight is 428 g/mol. The number of esters is 1. The lowest BCUT2D eigenvalue weighted by atomic mass is 10.0. The predicted molar refractivity (Wildman–Crippen MR) is 122 cm³/mol. The Kier molecular flexibility index (Phi) is 6.31. The number of methoxy groups -OCH3 is 1. The zero-order valence-corrected chi connectivity index (χ0v) is 17.8. The van der Waals surface area contributed by atoms with E-state index in [1.54, 1.807) is 47.4 Å². The van der Waals surface area contributed by atoms with E-state index in [9.17, 15) is 14.4 Å². The molecule has 1 aliphatic rings. The summed E-state index contributed by atoms with van der Waals surface area (Å²) in [6, 6.07) is 23.2. The van der Waals surface area contributed by atoms with Crippen LogP contribution in [-0.2, 0) is 16.0 Å². The Morgan fingerprint density at radius 3 is 2.31 bits per heavy atom. The number of nitrogens with one attached hydrogen (secondary N) is 1. The summed E-state index contributed by atoms with van der Waals surface area (Å²) in [6.07, 6.45) is 0.791. The topological polar surface area (TPSA) is 75.7 Å². The van der Waals surface area contributed by atoms with Gasteiger partial charge < -0.3 is 15.0 Å². The fourth-order valence-electron chi connectivity index (χ4n) is 3.96. The maximum atomic E-state index is 13.3. The van der Waals surface area contributed by atoms with Crippen LogP contribution in [0.5, 0.6) is 0 Å². The number of hydrogen-bond acceptors (Lipinski definition) is 4. The molecule has 3 aromatic carbocycles. The molecular formula is C26H24N2O4. The third-order valence-corrected chi connectivity index (χ3v) is 5.62. The van der Waals surface area contributed by atoms with Crippen LogP contribution >= 0.6 is 0 Å². The third kappa shape index (κ3) is 4.54. The first kappa shape index (κ1) is 21.3. The van der Waals surface area contributed by atoms with Gasteiger partial charge in [0.25, 0.3) is 5.91 Å². The highest BCUT2D eigenvalue weighted by atomic mass is 16.5. The minimum Gasteiger partial charge on any atom is -0.465 e. The van der Waals surface area contributed by atoms with Gasteiger partial charge in [-0.05, 0) is 47.9 Å². The van der Waals surface area contributed by atoms with Gasteiger partial charge in [-0.25, -0.2) is 4.79 Å². The summed E-state index contributed by atoms with van der Waals surface area (Å²) < 4.78 is 4.79. The van der Waals surface area contributed by atoms with Crippen molar-refractivity contribution in [1.29, 1.82) is 0 Å². The van der Waals surface area contributed by atoms with Gasteiger partial charge in [-0.15, -0.1) is 0 Å². The van der Waals surface area contributed by atoms with Crippen LogP contribution < -0.4 is 10.2 Å². The summed E-state index contributed by atoms with van der Waals surface area (Å²) >= 11 is 0. The Hall–Kier alpha value is -3.93. The van der Waals surface area contributed by atoms with Crippen molar-refractivity contribution in [2.45, 2.75) is 18.9 Å². The molecule has 6 heteroatoms. The molecule has 1 atom stereocenters. The molecule has 162 valence electrons. The van der Waals surface area contributed by atoms with Crippen LogP contribution in [0.1, 0.15) is 44.3 Å². The van der Waals surface area contributed by atoms with Crippen molar-refractivity contribution in [3.8, 4) is 0 Å². The van der Waals surface area contributed by atoms with Crippen molar-refractivity contribution in [3.05, 3.63) is 101 Å². The summed E-state index contributed by atoms with van der Waals surface area (Å²) in [5.74, 6) is -0.709. The molecule has 32 heavy (non-hydrogen) atoms. The highest BCUT2D eigenvalue weighted by Crippen LogP contribution is 2.31. The van der Waals surface area contributed by atoms with E-state index in [4.69, 9.17) is 4.74 Å². The number of amides is 2. The van der Waals surface area contributed by atoms with E-state index in [1.165, 1.54) is 7.11 Å². The average Bonchev–Trinajstić information content (AvgIpc) is 3.27. The fourth-order valence-corrected chi connectivity index (χ4v) is 3.96. The van der Waals surface area contributed by atoms with Crippen molar-refractivity contribution in [1.82, 2.24) is 5.32 Å². The minimum absolute atomic E-state index is 0.0863. The number of hydrogen-bond donors (Lipinski definition) is 1. The molecule has 1 aliphatic heterocycles. The summed E-state index contributed by atoms with van der Waals surface area (Å²) in [5, 5.41) is 3.01. The van der Waals surface area contributed by atoms with E-state index in [0.29, 0.717) is 24.1 Å². The van der Waals surface area contributed by atoms with Gasteiger partial charge in [0.1, 0.15) is 0 Å². The number of fused-ring (bicyclic) bond motifs is 1. The van der Waals surface area contributed by atoms with Crippen LogP contribution in [0.2, 0.25) is 0 Å². The van der Waals surface area contributed by atoms with Crippen LogP contribution in [-0.4, -0.2) is 31.4 Å².